The molecule has 0 aliphatic rings. The van der Waals surface area contributed by atoms with Gasteiger partial charge < -0.3 is 9.30 Å². The minimum atomic E-state index is -3.30. The zero-order chi connectivity index (χ0) is 16.3. The summed E-state index contributed by atoms with van der Waals surface area (Å²) >= 11 is 0. The molecule has 5 nitrogen and oxygen atoms in total. The van der Waals surface area contributed by atoms with Gasteiger partial charge in [0, 0.05) is 37.8 Å². The molecule has 1 heterocycles. The number of aryl methyl sites for hydroxylation is 2. The van der Waals surface area contributed by atoms with Crippen LogP contribution in [0.25, 0.3) is 10.9 Å². The van der Waals surface area contributed by atoms with Gasteiger partial charge in [-0.15, -0.1) is 0 Å². The molecule has 1 aromatic heterocycles. The van der Waals surface area contributed by atoms with E-state index in [1.165, 1.54) is 23.6 Å². The number of hydrogen-bond acceptors (Lipinski definition) is 3. The zero-order valence-corrected chi connectivity index (χ0v) is 14.4. The van der Waals surface area contributed by atoms with Gasteiger partial charge in [0.2, 0.25) is 10.0 Å². The molecule has 0 fully saturated rings. The standard InChI is InChI=1S/C16H24N2O3S/c1-12-5-6-15-14(10-18(3)16(15)9-12)7-8-17-22(19,20)11-13(2)21-4/h5-6,9-10,13,17H,7-8,11H2,1-4H3/t13-/m1/s1. The fraction of sp³-hybridized carbons (Fsp3) is 0.500. The Labute approximate surface area is 132 Å². The van der Waals surface area contributed by atoms with Crippen molar-refractivity contribution in [1.82, 2.24) is 9.29 Å². The zero-order valence-electron chi connectivity index (χ0n) is 13.6. The number of aromatic nitrogens is 1. The van der Waals surface area contributed by atoms with Gasteiger partial charge in [-0.1, -0.05) is 12.1 Å². The van der Waals surface area contributed by atoms with Crippen LogP contribution in [0, 0.1) is 6.92 Å². The van der Waals surface area contributed by atoms with Crippen molar-refractivity contribution in [2.45, 2.75) is 26.4 Å². The second-order valence-electron chi connectivity index (χ2n) is 5.76. The third kappa shape index (κ3) is 4.09. The molecule has 0 amide bonds. The highest BCUT2D eigenvalue weighted by Gasteiger charge is 2.15. The van der Waals surface area contributed by atoms with Crippen LogP contribution in [0.4, 0.5) is 0 Å². The summed E-state index contributed by atoms with van der Waals surface area (Å²) in [6, 6.07) is 6.32. The highest BCUT2D eigenvalue weighted by molar-refractivity contribution is 7.89. The maximum Gasteiger partial charge on any atom is 0.214 e. The highest BCUT2D eigenvalue weighted by Crippen LogP contribution is 2.22. The molecule has 0 aliphatic heterocycles. The van der Waals surface area contributed by atoms with Crippen molar-refractivity contribution in [1.29, 1.82) is 0 Å². The van der Waals surface area contributed by atoms with Crippen LogP contribution < -0.4 is 4.72 Å². The molecule has 0 bridgehead atoms. The summed E-state index contributed by atoms with van der Waals surface area (Å²) in [5, 5.41) is 1.18. The number of ether oxygens (including phenoxy) is 1. The van der Waals surface area contributed by atoms with Crippen LogP contribution in [0.5, 0.6) is 0 Å². The van der Waals surface area contributed by atoms with Gasteiger partial charge in [0.1, 0.15) is 0 Å². The van der Waals surface area contributed by atoms with Crippen LogP contribution in [0.2, 0.25) is 0 Å². The van der Waals surface area contributed by atoms with Crippen LogP contribution in [0.3, 0.4) is 0 Å². The first-order chi connectivity index (χ1) is 10.3. The Bertz CT molecular complexity index is 750. The van der Waals surface area contributed by atoms with Crippen molar-refractivity contribution in [3.05, 3.63) is 35.5 Å². The van der Waals surface area contributed by atoms with E-state index >= 15 is 0 Å². The molecule has 2 rings (SSSR count). The summed E-state index contributed by atoms with van der Waals surface area (Å²) < 4.78 is 33.5. The summed E-state index contributed by atoms with van der Waals surface area (Å²) in [5.74, 6) is -0.0156. The Morgan fingerprint density at radius 3 is 2.77 bits per heavy atom. The predicted octanol–water partition coefficient (Wildman–Crippen LogP) is 1.98. The fourth-order valence-electron chi connectivity index (χ4n) is 2.55. The molecule has 0 saturated heterocycles. The fourth-order valence-corrected chi connectivity index (χ4v) is 3.84. The quantitative estimate of drug-likeness (QED) is 0.847. The van der Waals surface area contributed by atoms with Crippen LogP contribution in [0.1, 0.15) is 18.1 Å². The topological polar surface area (TPSA) is 60.3 Å². The monoisotopic (exact) mass is 324 g/mol. The first kappa shape index (κ1) is 17.0. The predicted molar refractivity (Wildman–Crippen MR) is 89.6 cm³/mol. The van der Waals surface area contributed by atoms with Crippen molar-refractivity contribution < 1.29 is 13.2 Å². The molecule has 0 radical (unpaired) electrons. The maximum atomic E-state index is 11.9. The molecule has 0 spiro atoms. The van der Waals surface area contributed by atoms with E-state index in [1.54, 1.807) is 6.92 Å². The summed E-state index contributed by atoms with van der Waals surface area (Å²) in [7, 11) is 0.224. The molecular weight excluding hydrogens is 300 g/mol. The summed E-state index contributed by atoms with van der Waals surface area (Å²) in [4.78, 5) is 0. The number of fused-ring (bicyclic) bond motifs is 1. The number of methoxy groups -OCH3 is 1. The molecule has 0 aliphatic carbocycles. The van der Waals surface area contributed by atoms with Crippen LogP contribution in [-0.2, 0) is 28.2 Å². The van der Waals surface area contributed by atoms with Gasteiger partial charge in [0.25, 0.3) is 0 Å². The Morgan fingerprint density at radius 2 is 2.09 bits per heavy atom. The average Bonchev–Trinajstić information content (AvgIpc) is 2.74. The lowest BCUT2D eigenvalue weighted by Crippen LogP contribution is -2.33. The lowest BCUT2D eigenvalue weighted by molar-refractivity contribution is 0.136. The van der Waals surface area contributed by atoms with E-state index in [2.05, 4.69) is 40.6 Å². The lowest BCUT2D eigenvalue weighted by atomic mass is 10.1. The minimum Gasteiger partial charge on any atom is -0.381 e. The Balaban J connectivity index is 2.04. The number of nitrogens with one attached hydrogen (secondary N) is 1. The third-order valence-electron chi connectivity index (χ3n) is 3.80. The third-order valence-corrected chi connectivity index (χ3v) is 5.35. The molecule has 6 heteroatoms. The van der Waals surface area contributed by atoms with Gasteiger partial charge in [-0.05, 0) is 37.5 Å². The van der Waals surface area contributed by atoms with Gasteiger partial charge >= 0.3 is 0 Å². The van der Waals surface area contributed by atoms with E-state index < -0.39 is 10.0 Å². The number of rotatable bonds is 7. The molecule has 122 valence electrons. The van der Waals surface area contributed by atoms with E-state index in [0.717, 1.165) is 5.56 Å². The summed E-state index contributed by atoms with van der Waals surface area (Å²) in [6.45, 7) is 4.20. The van der Waals surface area contributed by atoms with E-state index in [9.17, 15) is 8.42 Å². The molecule has 22 heavy (non-hydrogen) atoms. The first-order valence-electron chi connectivity index (χ1n) is 7.37. The van der Waals surface area contributed by atoms with Crippen LogP contribution in [-0.4, -0.2) is 38.5 Å². The second-order valence-corrected chi connectivity index (χ2v) is 7.61. The highest BCUT2D eigenvalue weighted by atomic mass is 32.2. The van der Waals surface area contributed by atoms with Gasteiger partial charge in [-0.25, -0.2) is 13.1 Å². The normalized spacial score (nSPS) is 13.6. The van der Waals surface area contributed by atoms with Gasteiger partial charge in [-0.2, -0.15) is 0 Å². The van der Waals surface area contributed by atoms with E-state index in [-0.39, 0.29) is 11.9 Å². The number of nitrogens with zero attached hydrogens (tertiary/aromatic N) is 1. The van der Waals surface area contributed by atoms with Gasteiger partial charge in [0.05, 0.1) is 11.9 Å². The molecular formula is C16H24N2O3S. The van der Waals surface area contributed by atoms with Gasteiger partial charge in [0.15, 0.2) is 0 Å². The van der Waals surface area contributed by atoms with E-state index in [4.69, 9.17) is 4.74 Å². The second kappa shape index (κ2) is 6.81. The van der Waals surface area contributed by atoms with Crippen molar-refractivity contribution in [3.8, 4) is 0 Å². The van der Waals surface area contributed by atoms with E-state index in [0.29, 0.717) is 13.0 Å². The summed E-state index contributed by atoms with van der Waals surface area (Å²) in [6.07, 6.45) is 2.43. The Kier molecular flexibility index (Phi) is 5.26. The largest absolute Gasteiger partial charge is 0.381 e. The Morgan fingerprint density at radius 1 is 1.36 bits per heavy atom. The average molecular weight is 324 g/mol. The SMILES string of the molecule is CO[C@H](C)CS(=O)(=O)NCCc1cn(C)c2cc(C)ccc12. The molecule has 1 atom stereocenters. The smallest absolute Gasteiger partial charge is 0.214 e. The number of sulfonamides is 1. The molecule has 0 unspecified atom stereocenters. The van der Waals surface area contributed by atoms with Crippen molar-refractivity contribution >= 4 is 20.9 Å². The summed E-state index contributed by atoms with van der Waals surface area (Å²) in [5.41, 5.74) is 3.54. The van der Waals surface area contributed by atoms with E-state index in [1.807, 2.05) is 7.05 Å². The lowest BCUT2D eigenvalue weighted by Gasteiger charge is -2.11. The van der Waals surface area contributed by atoms with Crippen LogP contribution in [0.15, 0.2) is 24.4 Å². The maximum absolute atomic E-state index is 11.9. The molecule has 1 aromatic carbocycles. The first-order valence-corrected chi connectivity index (χ1v) is 9.02. The molecule has 2 aromatic rings. The van der Waals surface area contributed by atoms with Crippen molar-refractivity contribution in [3.63, 3.8) is 0 Å². The van der Waals surface area contributed by atoms with Crippen molar-refractivity contribution in [2.24, 2.45) is 7.05 Å². The minimum absolute atomic E-state index is 0.0156. The molecule has 1 N–H and O–H groups in total. The van der Waals surface area contributed by atoms with Crippen molar-refractivity contribution in [2.75, 3.05) is 19.4 Å². The number of hydrogen-bond donors (Lipinski definition) is 1. The molecule has 0 saturated carbocycles. The van der Waals surface area contributed by atoms with Crippen LogP contribution >= 0.6 is 0 Å². The van der Waals surface area contributed by atoms with Gasteiger partial charge in [-0.3, -0.25) is 0 Å². The Hall–Kier alpha value is -1.37. The number of benzene rings is 1.